The van der Waals surface area contributed by atoms with E-state index in [0.717, 1.165) is 25.3 Å². The summed E-state index contributed by atoms with van der Waals surface area (Å²) >= 11 is 0. The molecule has 0 aromatic heterocycles. The fourth-order valence-corrected chi connectivity index (χ4v) is 1.70. The summed E-state index contributed by atoms with van der Waals surface area (Å²) in [5.74, 6) is 0. The average Bonchev–Trinajstić information content (AvgIpc) is 2.74. The fraction of sp³-hybridized carbons (Fsp3) is 0.833. The Morgan fingerprint density at radius 3 is 2.41 bits per heavy atom. The Bertz CT molecular complexity index is 289. The molecule has 0 saturated carbocycles. The highest BCUT2D eigenvalue weighted by atomic mass is 16.7. The summed E-state index contributed by atoms with van der Waals surface area (Å²) in [5.41, 5.74) is 0.819. The Morgan fingerprint density at radius 2 is 1.94 bits per heavy atom. The van der Waals surface area contributed by atoms with Crippen LogP contribution in [0, 0.1) is 5.41 Å². The van der Waals surface area contributed by atoms with Crippen molar-refractivity contribution in [1.82, 2.24) is 10.2 Å². The molecule has 0 unspecified atom stereocenters. The van der Waals surface area contributed by atoms with Gasteiger partial charge in [0.05, 0.1) is 5.71 Å². The highest BCUT2D eigenvalue weighted by Gasteiger charge is 2.24. The minimum absolute atomic E-state index is 0.0867. The number of carbonyl (C=O) groups excluding carboxylic acids is 1. The number of oxime groups is 1. The third-order valence-electron chi connectivity index (χ3n) is 2.88. The van der Waals surface area contributed by atoms with Gasteiger partial charge in [0, 0.05) is 19.0 Å². The number of hydrogen-bond acceptors (Lipinski definition) is 4. The number of hydrogen-bond donors (Lipinski definition) is 1. The van der Waals surface area contributed by atoms with Crippen molar-refractivity contribution in [2.24, 2.45) is 10.6 Å². The van der Waals surface area contributed by atoms with Gasteiger partial charge < -0.3 is 5.32 Å². The molecule has 0 aliphatic carbocycles. The maximum atomic E-state index is 11.0. The number of nitrogens with one attached hydrogen (secondary N) is 1. The van der Waals surface area contributed by atoms with Crippen molar-refractivity contribution in [3.05, 3.63) is 0 Å². The molecule has 0 bridgehead atoms. The van der Waals surface area contributed by atoms with E-state index in [0.29, 0.717) is 0 Å². The van der Waals surface area contributed by atoms with E-state index < -0.39 is 6.09 Å². The maximum Gasteiger partial charge on any atom is 0.433 e. The van der Waals surface area contributed by atoms with Crippen LogP contribution in [0.2, 0.25) is 0 Å². The first-order valence-electron chi connectivity index (χ1n) is 6.12. The molecule has 98 valence electrons. The number of carbonyl (C=O) groups is 1. The molecule has 1 rings (SSSR count). The van der Waals surface area contributed by atoms with Crippen LogP contribution in [0.15, 0.2) is 5.16 Å². The zero-order chi connectivity index (χ0) is 12.9. The van der Waals surface area contributed by atoms with Gasteiger partial charge in [0.1, 0.15) is 0 Å². The monoisotopic (exact) mass is 241 g/mol. The lowest BCUT2D eigenvalue weighted by atomic mass is 9.90. The summed E-state index contributed by atoms with van der Waals surface area (Å²) in [7, 11) is 1.52. The van der Waals surface area contributed by atoms with E-state index in [1.165, 1.54) is 19.9 Å². The van der Waals surface area contributed by atoms with Crippen LogP contribution in [0.25, 0.3) is 0 Å². The molecule has 5 nitrogen and oxygen atoms in total. The maximum absolute atomic E-state index is 11.0. The van der Waals surface area contributed by atoms with Crippen LogP contribution in [-0.2, 0) is 4.84 Å². The van der Waals surface area contributed by atoms with E-state index in [1.807, 2.05) is 0 Å². The average molecular weight is 241 g/mol. The zero-order valence-corrected chi connectivity index (χ0v) is 11.2. The zero-order valence-electron chi connectivity index (χ0n) is 11.2. The highest BCUT2D eigenvalue weighted by molar-refractivity contribution is 5.91. The Morgan fingerprint density at radius 1 is 1.35 bits per heavy atom. The van der Waals surface area contributed by atoms with Gasteiger partial charge in [-0.2, -0.15) is 0 Å². The number of amides is 1. The summed E-state index contributed by atoms with van der Waals surface area (Å²) in [6, 6.07) is 0. The van der Waals surface area contributed by atoms with Crippen molar-refractivity contribution < 1.29 is 9.63 Å². The Balaban J connectivity index is 2.62. The van der Waals surface area contributed by atoms with Crippen molar-refractivity contribution in [1.29, 1.82) is 0 Å². The van der Waals surface area contributed by atoms with Crippen LogP contribution in [-0.4, -0.2) is 43.4 Å². The molecule has 1 heterocycles. The van der Waals surface area contributed by atoms with Crippen LogP contribution in [0.3, 0.4) is 0 Å². The molecule has 1 fully saturated rings. The standard InChI is InChI=1S/C12H23N3O2/c1-12(2,3)10(14-17-11(16)13-4)9-15-7-5-6-8-15/h5-9H2,1-4H3,(H,13,16). The fourth-order valence-electron chi connectivity index (χ4n) is 1.70. The highest BCUT2D eigenvalue weighted by Crippen LogP contribution is 2.19. The molecule has 1 amide bonds. The van der Waals surface area contributed by atoms with Gasteiger partial charge in [-0.25, -0.2) is 4.79 Å². The van der Waals surface area contributed by atoms with E-state index in [-0.39, 0.29) is 5.41 Å². The van der Waals surface area contributed by atoms with Crippen molar-refractivity contribution in [3.8, 4) is 0 Å². The van der Waals surface area contributed by atoms with Crippen molar-refractivity contribution in [2.45, 2.75) is 33.6 Å². The third-order valence-corrected chi connectivity index (χ3v) is 2.88. The lowest BCUT2D eigenvalue weighted by Gasteiger charge is -2.24. The van der Waals surface area contributed by atoms with Crippen LogP contribution in [0.4, 0.5) is 4.79 Å². The lowest BCUT2D eigenvalue weighted by molar-refractivity contribution is 0.151. The first-order valence-corrected chi connectivity index (χ1v) is 6.12. The number of likely N-dealkylation sites (tertiary alicyclic amines) is 1. The predicted octanol–water partition coefficient (Wildman–Crippen LogP) is 1.84. The van der Waals surface area contributed by atoms with Crippen molar-refractivity contribution in [3.63, 3.8) is 0 Å². The first-order chi connectivity index (χ1) is 7.93. The van der Waals surface area contributed by atoms with E-state index in [2.05, 4.69) is 36.1 Å². The van der Waals surface area contributed by atoms with Crippen molar-refractivity contribution >= 4 is 11.8 Å². The molecule has 0 radical (unpaired) electrons. The topological polar surface area (TPSA) is 53.9 Å². The molecule has 0 spiro atoms. The van der Waals surface area contributed by atoms with Gasteiger partial charge in [-0.05, 0) is 25.9 Å². The van der Waals surface area contributed by atoms with Crippen LogP contribution < -0.4 is 5.32 Å². The van der Waals surface area contributed by atoms with Gasteiger partial charge >= 0.3 is 6.09 Å². The molecule has 0 atom stereocenters. The smallest absolute Gasteiger partial charge is 0.323 e. The quantitative estimate of drug-likeness (QED) is 0.466. The summed E-state index contributed by atoms with van der Waals surface area (Å²) in [6.45, 7) is 9.23. The molecular weight excluding hydrogens is 218 g/mol. The Hall–Kier alpha value is -1.10. The second kappa shape index (κ2) is 6.00. The summed E-state index contributed by atoms with van der Waals surface area (Å²) < 4.78 is 0. The van der Waals surface area contributed by atoms with E-state index in [4.69, 9.17) is 4.84 Å². The van der Waals surface area contributed by atoms with Gasteiger partial charge in [0.2, 0.25) is 0 Å². The van der Waals surface area contributed by atoms with E-state index in [1.54, 1.807) is 0 Å². The third kappa shape index (κ3) is 4.73. The molecular formula is C12H23N3O2. The number of nitrogens with zero attached hydrogens (tertiary/aromatic N) is 2. The largest absolute Gasteiger partial charge is 0.433 e. The van der Waals surface area contributed by atoms with Crippen LogP contribution in [0.5, 0.6) is 0 Å². The summed E-state index contributed by atoms with van der Waals surface area (Å²) in [5, 5.41) is 6.38. The van der Waals surface area contributed by atoms with Crippen LogP contribution in [0.1, 0.15) is 33.6 Å². The molecule has 5 heteroatoms. The van der Waals surface area contributed by atoms with E-state index >= 15 is 0 Å². The molecule has 1 aliphatic heterocycles. The SMILES string of the molecule is CNC(=O)ON=C(CN1CCCC1)C(C)(C)C. The lowest BCUT2D eigenvalue weighted by Crippen LogP contribution is -2.35. The van der Waals surface area contributed by atoms with E-state index in [9.17, 15) is 4.79 Å². The second-order valence-electron chi connectivity index (χ2n) is 5.40. The van der Waals surface area contributed by atoms with Crippen LogP contribution >= 0.6 is 0 Å². The van der Waals surface area contributed by atoms with Gasteiger partial charge in [-0.3, -0.25) is 9.74 Å². The molecule has 0 aromatic rings. The first kappa shape index (κ1) is 14.0. The van der Waals surface area contributed by atoms with Gasteiger partial charge in [0.25, 0.3) is 0 Å². The molecule has 1 saturated heterocycles. The van der Waals surface area contributed by atoms with Gasteiger partial charge in [-0.15, -0.1) is 0 Å². The minimum atomic E-state index is -0.520. The van der Waals surface area contributed by atoms with Gasteiger partial charge in [0.15, 0.2) is 0 Å². The molecule has 17 heavy (non-hydrogen) atoms. The summed E-state index contributed by atoms with van der Waals surface area (Å²) in [4.78, 5) is 18.2. The Kier molecular flexibility index (Phi) is 4.93. The minimum Gasteiger partial charge on any atom is -0.323 e. The predicted molar refractivity (Wildman–Crippen MR) is 68.1 cm³/mol. The second-order valence-corrected chi connectivity index (χ2v) is 5.40. The van der Waals surface area contributed by atoms with Gasteiger partial charge in [-0.1, -0.05) is 25.9 Å². The number of rotatable bonds is 3. The normalized spacial score (nSPS) is 18.2. The van der Waals surface area contributed by atoms with Crippen molar-refractivity contribution in [2.75, 3.05) is 26.7 Å². The summed E-state index contributed by atoms with van der Waals surface area (Å²) in [6.07, 6.45) is 1.97. The molecule has 1 N–H and O–H groups in total. The molecule has 0 aromatic carbocycles. The molecule has 1 aliphatic rings. The Labute approximate surface area is 103 Å².